The van der Waals surface area contributed by atoms with E-state index in [0.29, 0.717) is 36.2 Å². The maximum absolute atomic E-state index is 12.2. The predicted octanol–water partition coefficient (Wildman–Crippen LogP) is 3.15. The van der Waals surface area contributed by atoms with E-state index in [-0.39, 0.29) is 28.9 Å². The van der Waals surface area contributed by atoms with Crippen LogP contribution in [0.4, 0.5) is 5.69 Å². The molecule has 2 amide bonds. The molecule has 6 heteroatoms. The minimum Gasteiger partial charge on any atom is -0.326 e. The second-order valence-electron chi connectivity index (χ2n) is 7.57. The van der Waals surface area contributed by atoms with E-state index in [1.165, 1.54) is 0 Å². The summed E-state index contributed by atoms with van der Waals surface area (Å²) in [5.41, 5.74) is 4.18. The Bertz CT molecular complexity index is 703. The van der Waals surface area contributed by atoms with Crippen molar-refractivity contribution in [3.05, 3.63) is 29.8 Å². The first kappa shape index (κ1) is 18.8. The molecule has 1 aromatic carbocycles. The number of benzene rings is 1. The molecule has 2 rings (SSSR count). The summed E-state index contributed by atoms with van der Waals surface area (Å²) in [4.78, 5) is 35.6. The predicted molar refractivity (Wildman–Crippen MR) is 97.4 cm³/mol. The Balaban J connectivity index is 1.98. The van der Waals surface area contributed by atoms with E-state index in [2.05, 4.69) is 15.8 Å². The fourth-order valence-electron chi connectivity index (χ4n) is 2.77. The molecule has 0 bridgehead atoms. The monoisotopic (exact) mass is 343 g/mol. The average molecular weight is 343 g/mol. The highest BCUT2D eigenvalue weighted by molar-refractivity contribution is 6.05. The number of amides is 2. The number of rotatable bonds is 4. The Kier molecular flexibility index (Phi) is 5.72. The van der Waals surface area contributed by atoms with Gasteiger partial charge in [0, 0.05) is 35.7 Å². The topological polar surface area (TPSA) is 87.6 Å². The molecule has 0 atom stereocenters. The minimum absolute atomic E-state index is 0.0758. The molecule has 2 N–H and O–H groups in total. The summed E-state index contributed by atoms with van der Waals surface area (Å²) in [5, 5.41) is 6.90. The van der Waals surface area contributed by atoms with Gasteiger partial charge in [0.2, 0.25) is 5.91 Å². The van der Waals surface area contributed by atoms with E-state index in [1.807, 2.05) is 27.7 Å². The zero-order chi connectivity index (χ0) is 18.6. The van der Waals surface area contributed by atoms with E-state index >= 15 is 0 Å². The van der Waals surface area contributed by atoms with Crippen molar-refractivity contribution in [3.8, 4) is 0 Å². The van der Waals surface area contributed by atoms with Crippen molar-refractivity contribution < 1.29 is 14.4 Å². The second-order valence-corrected chi connectivity index (χ2v) is 7.57. The van der Waals surface area contributed by atoms with Crippen molar-refractivity contribution in [2.45, 2.75) is 47.0 Å². The van der Waals surface area contributed by atoms with E-state index in [4.69, 9.17) is 0 Å². The SMILES string of the molecule is CC(C)C(=O)Nc1ccc(C(=O)N/N=C2\CC(=O)CC(C)(C)C2)cc1. The van der Waals surface area contributed by atoms with Crippen molar-refractivity contribution in [1.29, 1.82) is 0 Å². The number of anilines is 1. The number of hydrazone groups is 1. The smallest absolute Gasteiger partial charge is 0.271 e. The Labute approximate surface area is 148 Å². The zero-order valence-electron chi connectivity index (χ0n) is 15.2. The molecule has 0 aromatic heterocycles. The van der Waals surface area contributed by atoms with Gasteiger partial charge in [-0.05, 0) is 36.1 Å². The molecule has 0 radical (unpaired) electrons. The van der Waals surface area contributed by atoms with Crippen LogP contribution in [0, 0.1) is 11.3 Å². The molecule has 1 aliphatic rings. The van der Waals surface area contributed by atoms with Crippen LogP contribution in [0.15, 0.2) is 29.4 Å². The summed E-state index contributed by atoms with van der Waals surface area (Å²) in [6.07, 6.45) is 1.53. The third-order valence-corrected chi connectivity index (χ3v) is 4.01. The summed E-state index contributed by atoms with van der Waals surface area (Å²) in [5.74, 6) is -0.381. The molecule has 0 spiro atoms. The highest BCUT2D eigenvalue weighted by Crippen LogP contribution is 2.31. The van der Waals surface area contributed by atoms with Crippen LogP contribution in [0.5, 0.6) is 0 Å². The lowest BCUT2D eigenvalue weighted by molar-refractivity contribution is -0.120. The molecule has 134 valence electrons. The van der Waals surface area contributed by atoms with Gasteiger partial charge in [0.1, 0.15) is 5.78 Å². The fraction of sp³-hybridized carbons (Fsp3) is 0.474. The zero-order valence-corrected chi connectivity index (χ0v) is 15.2. The largest absolute Gasteiger partial charge is 0.326 e. The van der Waals surface area contributed by atoms with Crippen LogP contribution in [-0.2, 0) is 9.59 Å². The van der Waals surface area contributed by atoms with Gasteiger partial charge < -0.3 is 5.32 Å². The number of nitrogens with one attached hydrogen (secondary N) is 2. The standard InChI is InChI=1S/C19H25N3O3/c1-12(2)17(24)20-14-7-5-13(6-8-14)18(25)22-21-15-9-16(23)11-19(3,4)10-15/h5-8,12H,9-11H2,1-4H3,(H,20,24)(H,22,25)/b21-15+. The van der Waals surface area contributed by atoms with Crippen molar-refractivity contribution in [3.63, 3.8) is 0 Å². The van der Waals surface area contributed by atoms with Crippen molar-refractivity contribution in [2.75, 3.05) is 5.32 Å². The van der Waals surface area contributed by atoms with E-state index < -0.39 is 0 Å². The van der Waals surface area contributed by atoms with Gasteiger partial charge in [-0.25, -0.2) is 5.43 Å². The summed E-state index contributed by atoms with van der Waals surface area (Å²) in [7, 11) is 0. The highest BCUT2D eigenvalue weighted by atomic mass is 16.2. The van der Waals surface area contributed by atoms with Crippen molar-refractivity contribution in [1.82, 2.24) is 5.43 Å². The van der Waals surface area contributed by atoms with Gasteiger partial charge in [0.15, 0.2) is 0 Å². The fourth-order valence-corrected chi connectivity index (χ4v) is 2.77. The quantitative estimate of drug-likeness (QED) is 0.823. The number of carbonyl (C=O) groups excluding carboxylic acids is 3. The van der Waals surface area contributed by atoms with E-state index in [0.717, 1.165) is 0 Å². The normalized spacial score (nSPS) is 18.3. The first-order chi connectivity index (χ1) is 11.7. The van der Waals surface area contributed by atoms with Crippen LogP contribution in [0.2, 0.25) is 0 Å². The lowest BCUT2D eigenvalue weighted by Crippen LogP contribution is -2.31. The summed E-state index contributed by atoms with van der Waals surface area (Å²) >= 11 is 0. The molecule has 0 aliphatic heterocycles. The van der Waals surface area contributed by atoms with Gasteiger partial charge in [-0.3, -0.25) is 14.4 Å². The molecular formula is C19H25N3O3. The van der Waals surface area contributed by atoms with Crippen LogP contribution in [0.25, 0.3) is 0 Å². The van der Waals surface area contributed by atoms with Crippen LogP contribution in [0.3, 0.4) is 0 Å². The first-order valence-electron chi connectivity index (χ1n) is 8.45. The molecule has 6 nitrogen and oxygen atoms in total. The van der Waals surface area contributed by atoms with Gasteiger partial charge in [0.25, 0.3) is 5.91 Å². The average Bonchev–Trinajstić information content (AvgIpc) is 2.51. The maximum atomic E-state index is 12.2. The molecule has 0 unspecified atom stereocenters. The Hall–Kier alpha value is -2.50. The highest BCUT2D eigenvalue weighted by Gasteiger charge is 2.30. The summed E-state index contributed by atoms with van der Waals surface area (Å²) in [6, 6.07) is 6.61. The third-order valence-electron chi connectivity index (χ3n) is 4.01. The third kappa shape index (κ3) is 5.52. The number of hydrogen-bond acceptors (Lipinski definition) is 4. The molecule has 0 saturated heterocycles. The molecule has 1 aliphatic carbocycles. The number of carbonyl (C=O) groups is 3. The Morgan fingerprint density at radius 1 is 1.12 bits per heavy atom. The van der Waals surface area contributed by atoms with Crippen LogP contribution < -0.4 is 10.7 Å². The summed E-state index contributed by atoms with van der Waals surface area (Å²) < 4.78 is 0. The number of hydrogen-bond donors (Lipinski definition) is 2. The Morgan fingerprint density at radius 3 is 2.32 bits per heavy atom. The maximum Gasteiger partial charge on any atom is 0.271 e. The van der Waals surface area contributed by atoms with Crippen molar-refractivity contribution in [2.24, 2.45) is 16.4 Å². The van der Waals surface area contributed by atoms with E-state index in [9.17, 15) is 14.4 Å². The van der Waals surface area contributed by atoms with Gasteiger partial charge >= 0.3 is 0 Å². The second kappa shape index (κ2) is 7.59. The van der Waals surface area contributed by atoms with Gasteiger partial charge in [-0.1, -0.05) is 27.7 Å². The first-order valence-corrected chi connectivity index (χ1v) is 8.45. The molecule has 1 aromatic rings. The number of nitrogens with zero attached hydrogens (tertiary/aromatic N) is 1. The van der Waals surface area contributed by atoms with Crippen LogP contribution in [0.1, 0.15) is 57.3 Å². The minimum atomic E-state index is -0.343. The van der Waals surface area contributed by atoms with Crippen LogP contribution >= 0.6 is 0 Å². The lowest BCUT2D eigenvalue weighted by Gasteiger charge is -2.28. The number of ketones is 1. The van der Waals surface area contributed by atoms with Gasteiger partial charge in [-0.2, -0.15) is 5.10 Å². The van der Waals surface area contributed by atoms with E-state index in [1.54, 1.807) is 24.3 Å². The van der Waals surface area contributed by atoms with Gasteiger partial charge in [0.05, 0.1) is 0 Å². The Morgan fingerprint density at radius 2 is 1.76 bits per heavy atom. The molecule has 1 saturated carbocycles. The number of Topliss-reactive ketones (excluding diaryl/α,β-unsaturated/α-hetero) is 1. The summed E-state index contributed by atoms with van der Waals surface area (Å²) in [6.45, 7) is 7.67. The van der Waals surface area contributed by atoms with Gasteiger partial charge in [-0.15, -0.1) is 0 Å². The van der Waals surface area contributed by atoms with Crippen molar-refractivity contribution >= 4 is 29.0 Å². The van der Waals surface area contributed by atoms with Crippen LogP contribution in [-0.4, -0.2) is 23.3 Å². The lowest BCUT2D eigenvalue weighted by atomic mass is 9.76. The molecule has 1 fully saturated rings. The molecule has 0 heterocycles. The molecule has 25 heavy (non-hydrogen) atoms. The molecular weight excluding hydrogens is 318 g/mol.